The van der Waals surface area contributed by atoms with Gasteiger partial charge in [-0.05, 0) is 97.0 Å². The molecule has 0 radical (unpaired) electrons. The molecule has 1 N–H and O–H groups in total. The number of benzene rings is 8. The van der Waals surface area contributed by atoms with Crippen LogP contribution in [-0.4, -0.2) is 0 Å². The van der Waals surface area contributed by atoms with Gasteiger partial charge in [0, 0.05) is 16.5 Å². The van der Waals surface area contributed by atoms with Gasteiger partial charge in [0.05, 0.1) is 5.69 Å². The molecule has 2 heteroatoms. The van der Waals surface area contributed by atoms with Crippen LogP contribution in [0.3, 0.4) is 0 Å². The van der Waals surface area contributed by atoms with Crippen molar-refractivity contribution in [2.75, 3.05) is 5.32 Å². The van der Waals surface area contributed by atoms with E-state index in [0.29, 0.717) is 0 Å². The van der Waals surface area contributed by atoms with E-state index in [-0.39, 0.29) is 0 Å². The van der Waals surface area contributed by atoms with Gasteiger partial charge in [0.15, 0.2) is 5.58 Å². The van der Waals surface area contributed by atoms with Crippen molar-refractivity contribution in [3.63, 3.8) is 0 Å². The number of rotatable bonds is 4. The molecule has 0 aliphatic rings. The van der Waals surface area contributed by atoms with Gasteiger partial charge in [-0.2, -0.15) is 0 Å². The zero-order valence-electron chi connectivity index (χ0n) is 23.9. The molecule has 0 saturated carbocycles. The van der Waals surface area contributed by atoms with Crippen LogP contribution in [0.1, 0.15) is 0 Å². The largest absolute Gasteiger partial charge is 0.454 e. The van der Waals surface area contributed by atoms with E-state index in [1.165, 1.54) is 54.6 Å². The van der Waals surface area contributed by atoms with Gasteiger partial charge in [-0.15, -0.1) is 0 Å². The van der Waals surface area contributed by atoms with Gasteiger partial charge in [0.25, 0.3) is 0 Å². The van der Waals surface area contributed by atoms with Crippen molar-refractivity contribution >= 4 is 65.6 Å². The zero-order chi connectivity index (χ0) is 29.0. The molecule has 1 heterocycles. The minimum atomic E-state index is 0.871. The summed E-state index contributed by atoms with van der Waals surface area (Å²) < 4.78 is 6.43. The maximum Gasteiger partial charge on any atom is 0.158 e. The van der Waals surface area contributed by atoms with E-state index >= 15 is 0 Å². The summed E-state index contributed by atoms with van der Waals surface area (Å²) in [6.45, 7) is 0. The van der Waals surface area contributed by atoms with Crippen molar-refractivity contribution in [1.29, 1.82) is 0 Å². The van der Waals surface area contributed by atoms with Gasteiger partial charge >= 0.3 is 0 Å². The van der Waals surface area contributed by atoms with Crippen LogP contribution in [0.25, 0.3) is 76.5 Å². The van der Waals surface area contributed by atoms with Crippen LogP contribution in [-0.2, 0) is 0 Å². The first-order chi connectivity index (χ1) is 21.8. The van der Waals surface area contributed by atoms with Crippen LogP contribution in [0.15, 0.2) is 162 Å². The Labute approximate surface area is 254 Å². The Hall–Kier alpha value is -5.86. The molecule has 8 aromatic carbocycles. The normalized spacial score (nSPS) is 11.6. The number of nitrogens with one attached hydrogen (secondary N) is 1. The van der Waals surface area contributed by atoms with Gasteiger partial charge in [0.1, 0.15) is 5.58 Å². The molecule has 0 fully saturated rings. The molecule has 0 aliphatic heterocycles. The Morgan fingerprint density at radius 2 is 1.00 bits per heavy atom. The molecule has 0 unspecified atom stereocenters. The third-order valence-electron chi connectivity index (χ3n) is 8.81. The van der Waals surface area contributed by atoms with Crippen molar-refractivity contribution < 1.29 is 4.42 Å². The first-order valence-corrected chi connectivity index (χ1v) is 15.0. The van der Waals surface area contributed by atoms with E-state index < -0.39 is 0 Å². The minimum Gasteiger partial charge on any atom is -0.454 e. The lowest BCUT2D eigenvalue weighted by Crippen LogP contribution is -1.91. The Bertz CT molecular complexity index is 2520. The monoisotopic (exact) mass is 561 g/mol. The Balaban J connectivity index is 1.12. The average molecular weight is 562 g/mol. The highest BCUT2D eigenvalue weighted by molar-refractivity contribution is 6.20. The number of anilines is 2. The first-order valence-electron chi connectivity index (χ1n) is 15.0. The quantitative estimate of drug-likeness (QED) is 0.231. The third kappa shape index (κ3) is 4.04. The second kappa shape index (κ2) is 9.86. The summed E-state index contributed by atoms with van der Waals surface area (Å²) in [5.74, 6) is 0. The molecule has 206 valence electrons. The second-order valence-electron chi connectivity index (χ2n) is 11.5. The fourth-order valence-corrected chi connectivity index (χ4v) is 6.63. The number of hydrogen-bond acceptors (Lipinski definition) is 2. The molecular weight excluding hydrogens is 534 g/mol. The van der Waals surface area contributed by atoms with Crippen LogP contribution in [0, 0.1) is 0 Å². The molecular formula is C42H27NO. The van der Waals surface area contributed by atoms with E-state index in [1.54, 1.807) is 0 Å². The standard InChI is InChI=1S/C42H27NO/c1-2-10-30-24-33(17-16-27(30)8-1)38-26-32-12-4-3-11-31(32)25-37(38)29-18-21-34(22-19-29)43-39-15-7-14-36-41-35-13-6-5-9-28(35)20-23-40(41)44-42(36)39/h1-26,43H. The van der Waals surface area contributed by atoms with Gasteiger partial charge in [-0.25, -0.2) is 0 Å². The van der Waals surface area contributed by atoms with Gasteiger partial charge in [-0.1, -0.05) is 115 Å². The summed E-state index contributed by atoms with van der Waals surface area (Å²) in [5, 5.41) is 13.3. The zero-order valence-corrected chi connectivity index (χ0v) is 23.9. The number of para-hydroxylation sites is 1. The molecule has 9 aromatic rings. The minimum absolute atomic E-state index is 0.871. The van der Waals surface area contributed by atoms with E-state index in [1.807, 2.05) is 0 Å². The van der Waals surface area contributed by atoms with E-state index in [2.05, 4.69) is 163 Å². The Morgan fingerprint density at radius 1 is 0.409 bits per heavy atom. The molecule has 0 saturated heterocycles. The number of hydrogen-bond donors (Lipinski definition) is 1. The molecule has 0 spiro atoms. The smallest absolute Gasteiger partial charge is 0.158 e. The third-order valence-corrected chi connectivity index (χ3v) is 8.81. The van der Waals surface area contributed by atoms with E-state index in [4.69, 9.17) is 4.42 Å². The molecule has 0 aliphatic carbocycles. The van der Waals surface area contributed by atoms with Crippen molar-refractivity contribution in [2.24, 2.45) is 0 Å². The van der Waals surface area contributed by atoms with Gasteiger partial charge < -0.3 is 9.73 Å². The predicted molar refractivity (Wildman–Crippen MR) is 187 cm³/mol. The lowest BCUT2D eigenvalue weighted by Gasteiger charge is -2.14. The van der Waals surface area contributed by atoms with Crippen LogP contribution < -0.4 is 5.32 Å². The summed E-state index contributed by atoms with van der Waals surface area (Å²) in [4.78, 5) is 0. The highest BCUT2D eigenvalue weighted by Gasteiger charge is 2.14. The maximum absolute atomic E-state index is 6.43. The SMILES string of the molecule is c1ccc2cc(-c3cc4ccccc4cc3-c3ccc(Nc4cccc5c4oc4ccc6ccccc6c45)cc3)ccc2c1. The van der Waals surface area contributed by atoms with Crippen LogP contribution >= 0.6 is 0 Å². The fraction of sp³-hybridized carbons (Fsp3) is 0. The molecule has 1 aromatic heterocycles. The summed E-state index contributed by atoms with van der Waals surface area (Å²) in [6.07, 6.45) is 0. The summed E-state index contributed by atoms with van der Waals surface area (Å²) in [7, 11) is 0. The van der Waals surface area contributed by atoms with Crippen LogP contribution in [0.4, 0.5) is 11.4 Å². The predicted octanol–water partition coefficient (Wildman–Crippen LogP) is 12.1. The fourth-order valence-electron chi connectivity index (χ4n) is 6.63. The first kappa shape index (κ1) is 24.7. The van der Waals surface area contributed by atoms with Crippen LogP contribution in [0.2, 0.25) is 0 Å². The van der Waals surface area contributed by atoms with Gasteiger partial charge in [0.2, 0.25) is 0 Å². The Morgan fingerprint density at radius 3 is 1.77 bits per heavy atom. The average Bonchev–Trinajstić information content (AvgIpc) is 3.48. The summed E-state index contributed by atoms with van der Waals surface area (Å²) in [5.41, 5.74) is 8.59. The lowest BCUT2D eigenvalue weighted by molar-refractivity contribution is 0.670. The second-order valence-corrected chi connectivity index (χ2v) is 11.5. The lowest BCUT2D eigenvalue weighted by atomic mass is 9.90. The van der Waals surface area contributed by atoms with Crippen molar-refractivity contribution in [3.8, 4) is 22.3 Å². The highest BCUT2D eigenvalue weighted by atomic mass is 16.3. The molecule has 0 bridgehead atoms. The van der Waals surface area contributed by atoms with Crippen molar-refractivity contribution in [1.82, 2.24) is 0 Å². The molecule has 0 atom stereocenters. The molecule has 9 rings (SSSR count). The highest BCUT2D eigenvalue weighted by Crippen LogP contribution is 2.40. The summed E-state index contributed by atoms with van der Waals surface area (Å²) in [6, 6.07) is 56.3. The van der Waals surface area contributed by atoms with Crippen LogP contribution in [0.5, 0.6) is 0 Å². The molecule has 2 nitrogen and oxygen atoms in total. The maximum atomic E-state index is 6.43. The van der Waals surface area contributed by atoms with E-state index in [9.17, 15) is 0 Å². The molecule has 44 heavy (non-hydrogen) atoms. The summed E-state index contributed by atoms with van der Waals surface area (Å²) >= 11 is 0. The van der Waals surface area contributed by atoms with Gasteiger partial charge in [-0.3, -0.25) is 0 Å². The Kier molecular flexibility index (Phi) is 5.54. The number of fused-ring (bicyclic) bond motifs is 7. The van der Waals surface area contributed by atoms with Crippen molar-refractivity contribution in [2.45, 2.75) is 0 Å². The van der Waals surface area contributed by atoms with Crippen molar-refractivity contribution in [3.05, 3.63) is 158 Å². The topological polar surface area (TPSA) is 25.2 Å². The number of furan rings is 1. The van der Waals surface area contributed by atoms with E-state index in [0.717, 1.165) is 33.3 Å². The molecule has 0 amide bonds.